The number of hydrogen-bond donors (Lipinski definition) is 0. The van der Waals surface area contributed by atoms with Crippen molar-refractivity contribution in [3.63, 3.8) is 0 Å². The van der Waals surface area contributed by atoms with Crippen LogP contribution in [0.3, 0.4) is 0 Å². The number of anilines is 3. The minimum absolute atomic E-state index is 0.188. The zero-order valence-electron chi connectivity index (χ0n) is 36.0. The van der Waals surface area contributed by atoms with Crippen LogP contribution in [-0.4, -0.2) is 0 Å². The number of allylic oxidation sites excluding steroid dienone is 7. The average Bonchev–Trinajstić information content (AvgIpc) is 3.96. The molecule has 0 atom stereocenters. The lowest BCUT2D eigenvalue weighted by Gasteiger charge is -2.29. The largest absolute Gasteiger partial charge is 0.310 e. The molecule has 306 valence electrons. The monoisotopic (exact) mass is 865 g/mol. The van der Waals surface area contributed by atoms with Crippen molar-refractivity contribution < 1.29 is 0 Å². The minimum Gasteiger partial charge on any atom is -0.310 e. The van der Waals surface area contributed by atoms with Crippen LogP contribution in [0.5, 0.6) is 0 Å². The van der Waals surface area contributed by atoms with Crippen molar-refractivity contribution >= 4 is 96.7 Å². The van der Waals surface area contributed by atoms with E-state index in [4.69, 9.17) is 0 Å². The van der Waals surface area contributed by atoms with Crippen molar-refractivity contribution in [1.29, 1.82) is 0 Å². The van der Waals surface area contributed by atoms with Crippen molar-refractivity contribution in [2.45, 2.75) is 46.0 Å². The van der Waals surface area contributed by atoms with Gasteiger partial charge in [0.05, 0.1) is 0 Å². The first-order valence-electron chi connectivity index (χ1n) is 22.1. The second-order valence-electron chi connectivity index (χ2n) is 16.8. The van der Waals surface area contributed by atoms with E-state index in [9.17, 15) is 0 Å². The zero-order valence-corrected chi connectivity index (χ0v) is 38.5. The molecule has 7 aromatic carbocycles. The summed E-state index contributed by atoms with van der Waals surface area (Å²) in [5.74, 6) is 0. The van der Waals surface area contributed by atoms with Crippen LogP contribution in [0.15, 0.2) is 204 Å². The van der Waals surface area contributed by atoms with Gasteiger partial charge >= 0.3 is 0 Å². The smallest absolute Gasteiger partial charge is 0.0465 e. The van der Waals surface area contributed by atoms with Crippen LogP contribution in [0.4, 0.5) is 17.1 Å². The van der Waals surface area contributed by atoms with E-state index in [1.165, 1.54) is 94.7 Å². The second-order valence-corrected chi connectivity index (χ2v) is 20.0. The van der Waals surface area contributed by atoms with Gasteiger partial charge in [-0.3, -0.25) is 0 Å². The van der Waals surface area contributed by atoms with E-state index < -0.39 is 0 Å². The van der Waals surface area contributed by atoms with Crippen LogP contribution in [-0.2, 0) is 5.41 Å². The van der Waals surface area contributed by atoms with E-state index in [1.54, 1.807) is 0 Å². The summed E-state index contributed by atoms with van der Waals surface area (Å²) in [7, 11) is 0. The molecule has 1 nitrogen and oxygen atoms in total. The van der Waals surface area contributed by atoms with Crippen molar-refractivity contribution in [1.82, 2.24) is 0 Å². The summed E-state index contributed by atoms with van der Waals surface area (Å²) in [5.41, 5.74) is 14.8. The Morgan fingerprint density at radius 3 is 1.67 bits per heavy atom. The fraction of sp³-hybridized carbons (Fsp3) is 0.119. The molecule has 63 heavy (non-hydrogen) atoms. The highest BCUT2D eigenvalue weighted by Gasteiger charge is 2.38. The molecule has 2 aromatic heterocycles. The summed E-state index contributed by atoms with van der Waals surface area (Å²) in [6.07, 6.45) is 11.3. The summed E-state index contributed by atoms with van der Waals surface area (Å²) in [6, 6.07) is 56.6. The molecular formula is C59H47NS3. The molecular weight excluding hydrogens is 819 g/mol. The molecule has 0 saturated carbocycles. The van der Waals surface area contributed by atoms with Gasteiger partial charge in [-0.1, -0.05) is 173 Å². The van der Waals surface area contributed by atoms with Crippen LogP contribution in [0.1, 0.15) is 51.7 Å². The lowest BCUT2D eigenvalue weighted by Crippen LogP contribution is -2.18. The van der Waals surface area contributed by atoms with Crippen LogP contribution in [0.25, 0.3) is 67.5 Å². The second kappa shape index (κ2) is 15.9. The Bertz CT molecular complexity index is 3260. The maximum absolute atomic E-state index is 4.50. The van der Waals surface area contributed by atoms with Gasteiger partial charge in [-0.25, -0.2) is 0 Å². The third-order valence-corrected chi connectivity index (χ3v) is 16.6. The Morgan fingerprint density at radius 2 is 1.08 bits per heavy atom. The van der Waals surface area contributed by atoms with E-state index in [-0.39, 0.29) is 5.41 Å². The molecule has 3 heterocycles. The molecule has 0 radical (unpaired) electrons. The van der Waals surface area contributed by atoms with Gasteiger partial charge in [0.1, 0.15) is 0 Å². The van der Waals surface area contributed by atoms with E-state index in [0.29, 0.717) is 0 Å². The van der Waals surface area contributed by atoms with Crippen molar-refractivity contribution in [3.05, 3.63) is 215 Å². The predicted octanol–water partition coefficient (Wildman–Crippen LogP) is 18.7. The number of hydrogen-bond acceptors (Lipinski definition) is 4. The van der Waals surface area contributed by atoms with E-state index in [2.05, 4.69) is 201 Å². The molecule has 4 heteroatoms. The maximum Gasteiger partial charge on any atom is 0.0465 e. The zero-order chi connectivity index (χ0) is 42.8. The Hall–Kier alpha value is -6.17. The topological polar surface area (TPSA) is 3.24 Å². The van der Waals surface area contributed by atoms with Gasteiger partial charge in [0.25, 0.3) is 0 Å². The predicted molar refractivity (Wildman–Crippen MR) is 280 cm³/mol. The van der Waals surface area contributed by atoms with Crippen molar-refractivity contribution in [3.8, 4) is 22.3 Å². The van der Waals surface area contributed by atoms with Gasteiger partial charge in [-0.05, 0) is 111 Å². The highest BCUT2D eigenvalue weighted by molar-refractivity contribution is 8.12. The molecule has 0 saturated heterocycles. The van der Waals surface area contributed by atoms with Gasteiger partial charge in [0, 0.05) is 72.6 Å². The highest BCUT2D eigenvalue weighted by atomic mass is 32.2. The lowest BCUT2D eigenvalue weighted by atomic mass is 9.80. The standard InChI is InChI=1S/C57H41NS3.C2H6/c1-35-22-33-49-56(61-51-19-7-4-12-41(35)51)48-32-31-40(34-50(48)57(49,2)3)58(38-27-23-36(24-28-38)42-15-10-17-46-44-13-5-8-20-52(44)59-54(42)46)39-29-25-37(26-30-39)43-16-11-18-47-45-14-6-9-21-53(45)60-55(43)47;1-2/h5-11,13-34H,1,4,12H2,2-3H3;1-2H3/b33-22-;. The molecule has 0 spiro atoms. The lowest BCUT2D eigenvalue weighted by molar-refractivity contribution is 0.654. The molecule has 0 bridgehead atoms. The van der Waals surface area contributed by atoms with E-state index >= 15 is 0 Å². The number of rotatable bonds is 5. The van der Waals surface area contributed by atoms with Gasteiger partial charge < -0.3 is 4.90 Å². The molecule has 0 unspecified atom stereocenters. The minimum atomic E-state index is -0.188. The first-order valence-corrected chi connectivity index (χ1v) is 24.5. The van der Waals surface area contributed by atoms with E-state index in [0.717, 1.165) is 35.5 Å². The van der Waals surface area contributed by atoms with Crippen LogP contribution >= 0.6 is 34.4 Å². The maximum atomic E-state index is 4.50. The van der Waals surface area contributed by atoms with Crippen molar-refractivity contribution in [2.75, 3.05) is 4.90 Å². The van der Waals surface area contributed by atoms with Crippen molar-refractivity contribution in [2.24, 2.45) is 0 Å². The van der Waals surface area contributed by atoms with Gasteiger partial charge in [0.2, 0.25) is 0 Å². The Morgan fingerprint density at radius 1 is 0.540 bits per heavy atom. The molecule has 0 fully saturated rings. The number of thioether (sulfide) groups is 1. The third-order valence-electron chi connectivity index (χ3n) is 13.0. The number of benzene rings is 7. The fourth-order valence-electron chi connectivity index (χ4n) is 9.78. The van der Waals surface area contributed by atoms with Gasteiger partial charge in [0.15, 0.2) is 0 Å². The Labute approximate surface area is 382 Å². The Balaban J connectivity index is 0.00000219. The molecule has 3 aliphatic rings. The molecule has 0 N–H and O–H groups in total. The summed E-state index contributed by atoms with van der Waals surface area (Å²) in [4.78, 5) is 5.13. The van der Waals surface area contributed by atoms with Crippen LogP contribution in [0, 0.1) is 0 Å². The Kier molecular flexibility index (Phi) is 9.99. The van der Waals surface area contributed by atoms with Crippen LogP contribution < -0.4 is 4.90 Å². The molecule has 1 aliphatic heterocycles. The third kappa shape index (κ3) is 6.58. The summed E-state index contributed by atoms with van der Waals surface area (Å²) < 4.78 is 5.33. The first kappa shape index (κ1) is 39.7. The normalized spacial score (nSPS) is 15.8. The molecule has 9 aromatic rings. The SMILES string of the molecule is C=C1/C=C\C2=C(SC3=C1CCC=C3)c1ccc(N(c3ccc(-c4cccc5c4sc4ccccc45)cc3)c3ccc(-c4cccc5c4sc4ccccc45)cc3)cc1C2(C)C.CC. The number of nitrogens with zero attached hydrogens (tertiary/aromatic N) is 1. The van der Waals surface area contributed by atoms with Gasteiger partial charge in [-0.2, -0.15) is 0 Å². The molecule has 0 amide bonds. The first-order chi connectivity index (χ1) is 30.9. The molecule has 2 aliphatic carbocycles. The highest BCUT2D eigenvalue weighted by Crippen LogP contribution is 2.56. The summed E-state index contributed by atoms with van der Waals surface area (Å²) in [5, 5.41) is 5.30. The summed E-state index contributed by atoms with van der Waals surface area (Å²) in [6.45, 7) is 13.3. The molecule has 12 rings (SSSR count). The summed E-state index contributed by atoms with van der Waals surface area (Å²) >= 11 is 5.70. The average molecular weight is 866 g/mol. The van der Waals surface area contributed by atoms with E-state index in [1.807, 2.05) is 48.3 Å². The quantitative estimate of drug-likeness (QED) is 0.170. The number of fused-ring (bicyclic) bond motifs is 8. The fourth-order valence-corrected chi connectivity index (χ4v) is 13.7. The number of thiophene rings is 2. The van der Waals surface area contributed by atoms with Crippen LogP contribution in [0.2, 0.25) is 0 Å². The van der Waals surface area contributed by atoms with Gasteiger partial charge in [-0.15, -0.1) is 22.7 Å².